The van der Waals surface area contributed by atoms with Crippen LogP contribution >= 0.6 is 0 Å². The zero-order valence-electron chi connectivity index (χ0n) is 9.77. The van der Waals surface area contributed by atoms with Crippen LogP contribution in [0.1, 0.15) is 26.0 Å². The van der Waals surface area contributed by atoms with Crippen LogP contribution in [0, 0.1) is 5.92 Å². The quantitative estimate of drug-likeness (QED) is 0.735. The van der Waals surface area contributed by atoms with Gasteiger partial charge in [-0.25, -0.2) is 4.98 Å². The van der Waals surface area contributed by atoms with Crippen molar-refractivity contribution in [3.63, 3.8) is 0 Å². The number of aliphatic hydroxyl groups excluding tert-OH is 1. The normalized spacial score (nSPS) is 13.4. The Kier molecular flexibility index (Phi) is 4.78. The Morgan fingerprint density at radius 3 is 2.73 bits per heavy atom. The van der Waals surface area contributed by atoms with Crippen LogP contribution in [0.15, 0.2) is 12.5 Å². The molecule has 0 saturated heterocycles. The highest BCUT2D eigenvalue weighted by atomic mass is 16.3. The Balaban J connectivity index is 2.43. The van der Waals surface area contributed by atoms with E-state index in [4.69, 9.17) is 5.11 Å². The lowest BCUT2D eigenvalue weighted by Crippen LogP contribution is -2.34. The van der Waals surface area contributed by atoms with Crippen molar-refractivity contribution in [3.8, 4) is 0 Å². The second-order valence-corrected chi connectivity index (χ2v) is 4.24. The predicted octanol–water partition coefficient (Wildman–Crippen LogP) is 0.917. The molecular weight excluding hydrogens is 190 g/mol. The summed E-state index contributed by atoms with van der Waals surface area (Å²) in [6.07, 6.45) is 4.46. The summed E-state index contributed by atoms with van der Waals surface area (Å²) < 4.78 is 2.00. The van der Waals surface area contributed by atoms with E-state index in [2.05, 4.69) is 24.1 Å². The number of aryl methyl sites for hydroxylation is 1. The molecule has 15 heavy (non-hydrogen) atoms. The van der Waals surface area contributed by atoms with Gasteiger partial charge >= 0.3 is 0 Å². The summed E-state index contributed by atoms with van der Waals surface area (Å²) in [5.74, 6) is 0.533. The first-order valence-electron chi connectivity index (χ1n) is 5.44. The zero-order valence-corrected chi connectivity index (χ0v) is 9.77. The molecule has 0 aliphatic heterocycles. The van der Waals surface area contributed by atoms with Gasteiger partial charge in [0.15, 0.2) is 0 Å². The summed E-state index contributed by atoms with van der Waals surface area (Å²) in [6.45, 7) is 5.37. The van der Waals surface area contributed by atoms with Gasteiger partial charge in [0, 0.05) is 32.4 Å². The molecule has 1 aromatic rings. The third-order valence-electron chi connectivity index (χ3n) is 2.71. The molecule has 4 nitrogen and oxygen atoms in total. The first kappa shape index (κ1) is 12.2. The first-order valence-corrected chi connectivity index (χ1v) is 5.44. The zero-order chi connectivity index (χ0) is 11.3. The van der Waals surface area contributed by atoms with Crippen molar-refractivity contribution in [1.82, 2.24) is 14.9 Å². The minimum Gasteiger partial charge on any atom is -0.396 e. The molecule has 1 rings (SSSR count). The van der Waals surface area contributed by atoms with Gasteiger partial charge in [0.2, 0.25) is 0 Å². The third kappa shape index (κ3) is 3.64. The molecule has 86 valence electrons. The van der Waals surface area contributed by atoms with E-state index in [0.29, 0.717) is 12.0 Å². The molecule has 0 aliphatic carbocycles. The highest BCUT2D eigenvalue weighted by molar-refractivity contribution is 4.97. The first-order chi connectivity index (χ1) is 7.15. The van der Waals surface area contributed by atoms with Gasteiger partial charge in [-0.15, -0.1) is 0 Å². The van der Waals surface area contributed by atoms with Crippen LogP contribution < -0.4 is 5.32 Å². The molecule has 0 spiro atoms. The molecule has 0 aromatic carbocycles. The van der Waals surface area contributed by atoms with Gasteiger partial charge in [-0.05, 0) is 12.3 Å². The number of imidazole rings is 1. The Bertz CT molecular complexity index is 283. The standard InChI is InChI=1S/C11H21N3O/c1-9(2)11(4-5-15)13-7-10-6-12-8-14(10)3/h6,8-9,11,13,15H,4-5,7H2,1-3H3. The molecule has 0 amide bonds. The summed E-state index contributed by atoms with van der Waals surface area (Å²) in [6, 6.07) is 0.366. The fourth-order valence-electron chi connectivity index (χ4n) is 1.60. The van der Waals surface area contributed by atoms with E-state index in [0.717, 1.165) is 13.0 Å². The molecule has 4 heteroatoms. The molecule has 1 aromatic heterocycles. The highest BCUT2D eigenvalue weighted by Gasteiger charge is 2.12. The Labute approximate surface area is 91.3 Å². The summed E-state index contributed by atoms with van der Waals surface area (Å²) in [5.41, 5.74) is 1.17. The molecule has 0 radical (unpaired) electrons. The van der Waals surface area contributed by atoms with Gasteiger partial charge in [-0.3, -0.25) is 0 Å². The predicted molar refractivity (Wildman–Crippen MR) is 60.4 cm³/mol. The van der Waals surface area contributed by atoms with E-state index < -0.39 is 0 Å². The van der Waals surface area contributed by atoms with Crippen molar-refractivity contribution in [2.24, 2.45) is 13.0 Å². The van der Waals surface area contributed by atoms with E-state index in [1.165, 1.54) is 5.69 Å². The molecule has 0 saturated carbocycles. The summed E-state index contributed by atoms with van der Waals surface area (Å²) in [7, 11) is 1.99. The molecule has 0 aliphatic rings. The van der Waals surface area contributed by atoms with E-state index >= 15 is 0 Å². The van der Waals surface area contributed by atoms with Crippen molar-refractivity contribution < 1.29 is 5.11 Å². The van der Waals surface area contributed by atoms with Crippen molar-refractivity contribution in [2.75, 3.05) is 6.61 Å². The summed E-state index contributed by atoms with van der Waals surface area (Å²) >= 11 is 0. The lowest BCUT2D eigenvalue weighted by molar-refractivity contribution is 0.243. The number of nitrogens with one attached hydrogen (secondary N) is 1. The van der Waals surface area contributed by atoms with Gasteiger partial charge < -0.3 is 15.0 Å². The number of hydrogen-bond donors (Lipinski definition) is 2. The van der Waals surface area contributed by atoms with Gasteiger partial charge in [0.25, 0.3) is 0 Å². The fraction of sp³-hybridized carbons (Fsp3) is 0.727. The van der Waals surface area contributed by atoms with Gasteiger partial charge in [0.1, 0.15) is 0 Å². The number of rotatable bonds is 6. The minimum absolute atomic E-state index is 0.237. The molecule has 0 bridgehead atoms. The van der Waals surface area contributed by atoms with Gasteiger partial charge in [-0.2, -0.15) is 0 Å². The topological polar surface area (TPSA) is 50.1 Å². The van der Waals surface area contributed by atoms with Crippen LogP contribution in [-0.2, 0) is 13.6 Å². The molecule has 2 N–H and O–H groups in total. The smallest absolute Gasteiger partial charge is 0.0945 e. The Hall–Kier alpha value is -0.870. The number of hydrogen-bond acceptors (Lipinski definition) is 3. The summed E-state index contributed by atoms with van der Waals surface area (Å²) in [5, 5.41) is 12.4. The molecule has 1 heterocycles. The molecule has 0 fully saturated rings. The maximum absolute atomic E-state index is 8.94. The van der Waals surface area contributed by atoms with E-state index in [-0.39, 0.29) is 6.61 Å². The van der Waals surface area contributed by atoms with Crippen LogP contribution in [0.2, 0.25) is 0 Å². The fourth-order valence-corrected chi connectivity index (χ4v) is 1.60. The molecule has 1 atom stereocenters. The monoisotopic (exact) mass is 211 g/mol. The number of aromatic nitrogens is 2. The minimum atomic E-state index is 0.237. The van der Waals surface area contributed by atoms with Crippen molar-refractivity contribution in [3.05, 3.63) is 18.2 Å². The average Bonchev–Trinajstić information content (AvgIpc) is 2.58. The maximum Gasteiger partial charge on any atom is 0.0945 e. The van der Waals surface area contributed by atoms with Gasteiger partial charge in [0.05, 0.1) is 12.0 Å². The Morgan fingerprint density at radius 2 is 2.27 bits per heavy atom. The largest absolute Gasteiger partial charge is 0.396 e. The van der Waals surface area contributed by atoms with Crippen molar-refractivity contribution in [1.29, 1.82) is 0 Å². The molecular formula is C11H21N3O. The van der Waals surface area contributed by atoms with E-state index in [9.17, 15) is 0 Å². The van der Waals surface area contributed by atoms with Crippen LogP contribution in [0.5, 0.6) is 0 Å². The Morgan fingerprint density at radius 1 is 1.53 bits per heavy atom. The second kappa shape index (κ2) is 5.88. The number of nitrogens with zero attached hydrogens (tertiary/aromatic N) is 2. The molecule has 1 unspecified atom stereocenters. The maximum atomic E-state index is 8.94. The van der Waals surface area contributed by atoms with Gasteiger partial charge in [-0.1, -0.05) is 13.8 Å². The SMILES string of the molecule is CC(C)C(CCO)NCc1cncn1C. The number of aliphatic hydroxyl groups is 1. The van der Waals surface area contributed by atoms with Crippen LogP contribution in [0.3, 0.4) is 0 Å². The van der Waals surface area contributed by atoms with Crippen LogP contribution in [0.25, 0.3) is 0 Å². The van der Waals surface area contributed by atoms with Crippen LogP contribution in [-0.4, -0.2) is 27.3 Å². The lowest BCUT2D eigenvalue weighted by atomic mass is 10.0. The van der Waals surface area contributed by atoms with Crippen molar-refractivity contribution >= 4 is 0 Å². The van der Waals surface area contributed by atoms with E-state index in [1.807, 2.05) is 17.8 Å². The van der Waals surface area contributed by atoms with E-state index in [1.54, 1.807) is 6.33 Å². The third-order valence-corrected chi connectivity index (χ3v) is 2.71. The van der Waals surface area contributed by atoms with Crippen molar-refractivity contribution in [2.45, 2.75) is 32.9 Å². The summed E-state index contributed by atoms with van der Waals surface area (Å²) in [4.78, 5) is 4.06. The van der Waals surface area contributed by atoms with Crippen LogP contribution in [0.4, 0.5) is 0 Å². The lowest BCUT2D eigenvalue weighted by Gasteiger charge is -2.21. The average molecular weight is 211 g/mol. The highest BCUT2D eigenvalue weighted by Crippen LogP contribution is 2.07. The second-order valence-electron chi connectivity index (χ2n) is 4.24.